The summed E-state index contributed by atoms with van der Waals surface area (Å²) in [4.78, 5) is 15.1. The van der Waals surface area contributed by atoms with Gasteiger partial charge in [-0.05, 0) is 30.7 Å². The largest absolute Gasteiger partial charge is 0.478 e. The number of nitrogens with zero attached hydrogens (tertiary/aromatic N) is 1. The van der Waals surface area contributed by atoms with E-state index in [0.717, 1.165) is 6.54 Å². The monoisotopic (exact) mass is 286 g/mol. The predicted octanol–water partition coefficient (Wildman–Crippen LogP) is 3.13. The van der Waals surface area contributed by atoms with Crippen LogP contribution in [-0.4, -0.2) is 33.6 Å². The fourth-order valence-corrected chi connectivity index (χ4v) is 3.31. The molecule has 1 aromatic rings. The van der Waals surface area contributed by atoms with Crippen LogP contribution < -0.4 is 5.32 Å². The highest BCUT2D eigenvalue weighted by Crippen LogP contribution is 2.25. The molecule has 98 valence electrons. The van der Waals surface area contributed by atoms with Crippen LogP contribution >= 0.6 is 23.4 Å². The lowest BCUT2D eigenvalue weighted by Gasteiger charge is -2.22. The van der Waals surface area contributed by atoms with E-state index in [1.807, 2.05) is 11.8 Å². The summed E-state index contributed by atoms with van der Waals surface area (Å²) in [5.41, 5.74) is 0.167. The number of carboxylic acids is 1. The number of halogens is 1. The van der Waals surface area contributed by atoms with Crippen molar-refractivity contribution >= 4 is 35.1 Å². The van der Waals surface area contributed by atoms with Crippen molar-refractivity contribution in [1.29, 1.82) is 0 Å². The predicted molar refractivity (Wildman–Crippen MR) is 74.8 cm³/mol. The summed E-state index contributed by atoms with van der Waals surface area (Å²) >= 11 is 7.72. The molecule has 0 amide bonds. The molecule has 6 heteroatoms. The minimum atomic E-state index is -0.988. The Balaban J connectivity index is 2.03. The molecule has 0 bridgehead atoms. The van der Waals surface area contributed by atoms with Crippen LogP contribution in [0.25, 0.3) is 0 Å². The Morgan fingerprint density at radius 3 is 3.06 bits per heavy atom. The number of carboxylic acid groups (broad SMARTS) is 1. The first-order chi connectivity index (χ1) is 8.66. The normalized spacial score (nSPS) is 19.5. The first-order valence-electron chi connectivity index (χ1n) is 5.92. The van der Waals surface area contributed by atoms with Crippen LogP contribution in [-0.2, 0) is 0 Å². The maximum absolute atomic E-state index is 11.1. The molecule has 1 saturated heterocycles. The Kier molecular flexibility index (Phi) is 4.72. The topological polar surface area (TPSA) is 62.2 Å². The average Bonchev–Trinajstić information content (AvgIpc) is 2.37. The molecule has 1 fully saturated rings. The van der Waals surface area contributed by atoms with Crippen LogP contribution in [0.5, 0.6) is 0 Å². The van der Waals surface area contributed by atoms with Gasteiger partial charge in [0, 0.05) is 11.8 Å². The van der Waals surface area contributed by atoms with Crippen molar-refractivity contribution in [3.05, 3.63) is 22.8 Å². The lowest BCUT2D eigenvalue weighted by atomic mass is 10.2. The first kappa shape index (κ1) is 13.5. The van der Waals surface area contributed by atoms with Crippen LogP contribution in [0.2, 0.25) is 5.15 Å². The van der Waals surface area contributed by atoms with Crippen molar-refractivity contribution in [2.75, 3.05) is 17.6 Å². The van der Waals surface area contributed by atoms with Gasteiger partial charge in [0.2, 0.25) is 0 Å². The van der Waals surface area contributed by atoms with Gasteiger partial charge in [-0.25, -0.2) is 9.78 Å². The third kappa shape index (κ3) is 3.53. The molecule has 0 aliphatic carbocycles. The fourth-order valence-electron chi connectivity index (χ4n) is 1.92. The first-order valence-corrected chi connectivity index (χ1v) is 7.35. The molecule has 0 aromatic carbocycles. The molecule has 0 spiro atoms. The summed E-state index contributed by atoms with van der Waals surface area (Å²) in [6, 6.07) is 2.97. The van der Waals surface area contributed by atoms with Gasteiger partial charge in [0.1, 0.15) is 16.5 Å². The van der Waals surface area contributed by atoms with Crippen LogP contribution in [0, 0.1) is 0 Å². The molecule has 2 N–H and O–H groups in total. The zero-order chi connectivity index (χ0) is 13.0. The van der Waals surface area contributed by atoms with Crippen molar-refractivity contribution in [2.24, 2.45) is 0 Å². The molecule has 1 unspecified atom stereocenters. The van der Waals surface area contributed by atoms with E-state index < -0.39 is 5.97 Å². The fraction of sp³-hybridized carbons (Fsp3) is 0.500. The van der Waals surface area contributed by atoms with Gasteiger partial charge in [0.25, 0.3) is 0 Å². The Bertz CT molecular complexity index is 436. The average molecular weight is 287 g/mol. The Morgan fingerprint density at radius 2 is 2.39 bits per heavy atom. The smallest absolute Gasteiger partial charge is 0.339 e. The molecule has 2 heterocycles. The minimum Gasteiger partial charge on any atom is -0.478 e. The van der Waals surface area contributed by atoms with Gasteiger partial charge >= 0.3 is 5.97 Å². The van der Waals surface area contributed by atoms with Gasteiger partial charge in [-0.1, -0.05) is 18.0 Å². The summed E-state index contributed by atoms with van der Waals surface area (Å²) < 4.78 is 0. The lowest BCUT2D eigenvalue weighted by molar-refractivity contribution is 0.0697. The Hall–Kier alpha value is -0.940. The summed E-state index contributed by atoms with van der Waals surface area (Å²) in [6.45, 7) is 0.734. The van der Waals surface area contributed by atoms with Crippen LogP contribution in [0.3, 0.4) is 0 Å². The second-order valence-electron chi connectivity index (χ2n) is 4.20. The van der Waals surface area contributed by atoms with Gasteiger partial charge in [-0.2, -0.15) is 11.8 Å². The van der Waals surface area contributed by atoms with E-state index >= 15 is 0 Å². The zero-order valence-corrected chi connectivity index (χ0v) is 11.4. The summed E-state index contributed by atoms with van der Waals surface area (Å²) in [6.07, 6.45) is 3.69. The number of aromatic nitrogens is 1. The third-order valence-corrected chi connectivity index (χ3v) is 4.47. The number of hydrogen-bond acceptors (Lipinski definition) is 4. The number of nitrogens with one attached hydrogen (secondary N) is 1. The molecule has 0 saturated carbocycles. The van der Waals surface area contributed by atoms with Crippen LogP contribution in [0.1, 0.15) is 29.6 Å². The number of carbonyl (C=O) groups is 1. The summed E-state index contributed by atoms with van der Waals surface area (Å²) in [5.74, 6) is 0.556. The number of rotatable bonds is 4. The molecule has 18 heavy (non-hydrogen) atoms. The molecule has 1 aliphatic heterocycles. The molecule has 0 radical (unpaired) electrons. The Labute approximate surface area is 115 Å². The molecule has 4 nitrogen and oxygen atoms in total. The number of thioether (sulfide) groups is 1. The van der Waals surface area contributed by atoms with Gasteiger partial charge in [0.05, 0.1) is 0 Å². The van der Waals surface area contributed by atoms with E-state index in [0.29, 0.717) is 16.2 Å². The Morgan fingerprint density at radius 1 is 1.56 bits per heavy atom. The second-order valence-corrected chi connectivity index (χ2v) is 6.00. The number of pyridine rings is 1. The number of hydrogen-bond donors (Lipinski definition) is 2. The van der Waals surface area contributed by atoms with Crippen LogP contribution in [0.4, 0.5) is 5.82 Å². The molecule has 1 atom stereocenters. The lowest BCUT2D eigenvalue weighted by Crippen LogP contribution is -2.21. The second kappa shape index (κ2) is 6.29. The number of anilines is 1. The van der Waals surface area contributed by atoms with E-state index in [1.165, 1.54) is 37.1 Å². The SMILES string of the molecule is O=C(O)c1ccc(Cl)nc1NCC1CCCCS1. The van der Waals surface area contributed by atoms with E-state index in [9.17, 15) is 4.79 Å². The van der Waals surface area contributed by atoms with E-state index in [2.05, 4.69) is 10.3 Å². The van der Waals surface area contributed by atoms with Crippen molar-refractivity contribution in [3.8, 4) is 0 Å². The zero-order valence-electron chi connectivity index (χ0n) is 9.86. The summed E-state index contributed by atoms with van der Waals surface area (Å²) in [7, 11) is 0. The number of aromatic carboxylic acids is 1. The van der Waals surface area contributed by atoms with Gasteiger partial charge in [-0.3, -0.25) is 0 Å². The molecule has 2 rings (SSSR count). The van der Waals surface area contributed by atoms with E-state index in [-0.39, 0.29) is 5.56 Å². The quantitative estimate of drug-likeness (QED) is 0.833. The van der Waals surface area contributed by atoms with Gasteiger partial charge in [-0.15, -0.1) is 0 Å². The highest BCUT2D eigenvalue weighted by molar-refractivity contribution is 7.99. The standard InChI is InChI=1S/C12H15ClN2O2S/c13-10-5-4-9(12(16)17)11(15-10)14-7-8-3-1-2-6-18-8/h4-5,8H,1-3,6-7H2,(H,14,15)(H,16,17). The van der Waals surface area contributed by atoms with E-state index in [4.69, 9.17) is 16.7 Å². The minimum absolute atomic E-state index is 0.167. The van der Waals surface area contributed by atoms with Gasteiger partial charge in [0.15, 0.2) is 0 Å². The molecular formula is C12H15ClN2O2S. The highest BCUT2D eigenvalue weighted by atomic mass is 35.5. The van der Waals surface area contributed by atoms with Crippen molar-refractivity contribution in [3.63, 3.8) is 0 Å². The van der Waals surface area contributed by atoms with Crippen molar-refractivity contribution in [1.82, 2.24) is 4.98 Å². The van der Waals surface area contributed by atoms with Crippen LogP contribution in [0.15, 0.2) is 12.1 Å². The van der Waals surface area contributed by atoms with Crippen molar-refractivity contribution < 1.29 is 9.90 Å². The van der Waals surface area contributed by atoms with Gasteiger partial charge < -0.3 is 10.4 Å². The van der Waals surface area contributed by atoms with E-state index in [1.54, 1.807) is 0 Å². The summed E-state index contributed by atoms with van der Waals surface area (Å²) in [5, 5.41) is 13.0. The maximum Gasteiger partial charge on any atom is 0.339 e. The molecular weight excluding hydrogens is 272 g/mol. The molecule has 1 aliphatic rings. The highest BCUT2D eigenvalue weighted by Gasteiger charge is 2.16. The molecule has 1 aromatic heterocycles. The third-order valence-electron chi connectivity index (χ3n) is 2.86. The van der Waals surface area contributed by atoms with Crippen molar-refractivity contribution in [2.45, 2.75) is 24.5 Å². The maximum atomic E-state index is 11.1.